The Kier molecular flexibility index (Phi) is 4.60. The SMILES string of the molecule is C/C(=C\n1c2c(c3cc(Cl)ccc31)CCN(C)C2C)c1ccc(Cl)cc1. The van der Waals surface area contributed by atoms with E-state index >= 15 is 0 Å². The molecule has 1 aliphatic rings. The first-order valence-electron chi connectivity index (χ1n) is 8.92. The fourth-order valence-electron chi connectivity index (χ4n) is 3.90. The second-order valence-corrected chi connectivity index (χ2v) is 7.99. The Morgan fingerprint density at radius 3 is 2.50 bits per heavy atom. The number of hydrogen-bond donors (Lipinski definition) is 0. The van der Waals surface area contributed by atoms with Crippen LogP contribution in [0.3, 0.4) is 0 Å². The van der Waals surface area contributed by atoms with Crippen LogP contribution in [0.25, 0.3) is 22.7 Å². The molecule has 2 nitrogen and oxygen atoms in total. The minimum atomic E-state index is 0.360. The van der Waals surface area contributed by atoms with Crippen molar-refractivity contribution in [2.45, 2.75) is 26.3 Å². The van der Waals surface area contributed by atoms with E-state index in [1.54, 1.807) is 0 Å². The summed E-state index contributed by atoms with van der Waals surface area (Å²) in [6.45, 7) is 5.49. The van der Waals surface area contributed by atoms with E-state index in [9.17, 15) is 0 Å². The van der Waals surface area contributed by atoms with Gasteiger partial charge in [0.1, 0.15) is 0 Å². The number of allylic oxidation sites excluding steroid dienone is 1. The number of halogens is 2. The second kappa shape index (κ2) is 6.77. The number of aromatic nitrogens is 1. The number of rotatable bonds is 2. The van der Waals surface area contributed by atoms with Crippen LogP contribution in [0.15, 0.2) is 42.5 Å². The third-order valence-corrected chi connectivity index (χ3v) is 5.99. The number of fused-ring (bicyclic) bond motifs is 3. The Morgan fingerprint density at radius 2 is 1.77 bits per heavy atom. The summed E-state index contributed by atoms with van der Waals surface area (Å²) >= 11 is 12.3. The molecule has 134 valence electrons. The standard InChI is InChI=1S/C22H22Cl2N2/c1-14(16-4-6-17(23)7-5-16)13-26-21-9-8-18(24)12-20(21)19-10-11-25(3)15(2)22(19)26/h4-9,12-13,15H,10-11H2,1-3H3/b14-13+. The molecule has 0 radical (unpaired) electrons. The van der Waals surface area contributed by atoms with E-state index in [1.807, 2.05) is 18.2 Å². The highest BCUT2D eigenvalue weighted by molar-refractivity contribution is 6.31. The van der Waals surface area contributed by atoms with Crippen molar-refractivity contribution >= 4 is 45.9 Å². The Labute approximate surface area is 164 Å². The minimum absolute atomic E-state index is 0.360. The van der Waals surface area contributed by atoms with Gasteiger partial charge < -0.3 is 4.57 Å². The van der Waals surface area contributed by atoms with Crippen LogP contribution < -0.4 is 0 Å². The summed E-state index contributed by atoms with van der Waals surface area (Å²) in [5.41, 5.74) is 6.39. The van der Waals surface area contributed by atoms with Crippen LogP contribution in [0.4, 0.5) is 0 Å². The average Bonchev–Trinajstić information content (AvgIpc) is 2.92. The van der Waals surface area contributed by atoms with Crippen molar-refractivity contribution in [3.8, 4) is 0 Å². The molecule has 0 saturated carbocycles. The molecule has 1 aromatic heterocycles. The molecule has 1 atom stereocenters. The van der Waals surface area contributed by atoms with E-state index in [0.29, 0.717) is 6.04 Å². The van der Waals surface area contributed by atoms with Crippen molar-refractivity contribution in [3.05, 3.63) is 69.3 Å². The first-order valence-corrected chi connectivity index (χ1v) is 9.68. The number of nitrogens with zero attached hydrogens (tertiary/aromatic N) is 2. The second-order valence-electron chi connectivity index (χ2n) is 7.12. The third kappa shape index (κ3) is 2.96. The molecule has 3 aromatic rings. The number of hydrogen-bond acceptors (Lipinski definition) is 1. The van der Waals surface area contributed by atoms with E-state index in [-0.39, 0.29) is 0 Å². The van der Waals surface area contributed by atoms with Gasteiger partial charge in [-0.2, -0.15) is 0 Å². The molecule has 2 heterocycles. The fourth-order valence-corrected chi connectivity index (χ4v) is 4.20. The lowest BCUT2D eigenvalue weighted by Gasteiger charge is -2.31. The fraction of sp³-hybridized carbons (Fsp3) is 0.273. The lowest BCUT2D eigenvalue weighted by Crippen LogP contribution is -2.31. The number of benzene rings is 2. The van der Waals surface area contributed by atoms with Crippen molar-refractivity contribution in [1.29, 1.82) is 0 Å². The molecule has 0 spiro atoms. The zero-order valence-corrected chi connectivity index (χ0v) is 16.8. The van der Waals surface area contributed by atoms with Gasteiger partial charge in [0.25, 0.3) is 0 Å². The molecule has 0 bridgehead atoms. The Balaban J connectivity index is 1.94. The predicted octanol–water partition coefficient (Wildman–Crippen LogP) is 6.52. The zero-order chi connectivity index (χ0) is 18.4. The van der Waals surface area contributed by atoms with Crippen molar-refractivity contribution < 1.29 is 0 Å². The van der Waals surface area contributed by atoms with Crippen LogP contribution in [0, 0.1) is 0 Å². The van der Waals surface area contributed by atoms with Crippen LogP contribution in [0.1, 0.15) is 36.7 Å². The number of likely N-dealkylation sites (N-methyl/N-ethyl adjacent to an activating group) is 1. The molecular formula is C22H22Cl2N2. The molecular weight excluding hydrogens is 363 g/mol. The van der Waals surface area contributed by atoms with Crippen molar-refractivity contribution in [3.63, 3.8) is 0 Å². The largest absolute Gasteiger partial charge is 0.318 e. The normalized spacial score (nSPS) is 18.3. The van der Waals surface area contributed by atoms with E-state index in [1.165, 1.54) is 33.3 Å². The van der Waals surface area contributed by atoms with E-state index < -0.39 is 0 Å². The molecule has 0 amide bonds. The topological polar surface area (TPSA) is 8.17 Å². The van der Waals surface area contributed by atoms with Crippen molar-refractivity contribution in [2.75, 3.05) is 13.6 Å². The van der Waals surface area contributed by atoms with E-state index in [4.69, 9.17) is 23.2 Å². The average molecular weight is 385 g/mol. The van der Waals surface area contributed by atoms with Crippen LogP contribution in [0.2, 0.25) is 10.0 Å². The lowest BCUT2D eigenvalue weighted by atomic mass is 9.99. The van der Waals surface area contributed by atoms with Gasteiger partial charge in [-0.15, -0.1) is 0 Å². The third-order valence-electron chi connectivity index (χ3n) is 5.51. The summed E-state index contributed by atoms with van der Waals surface area (Å²) in [5.74, 6) is 0. The van der Waals surface area contributed by atoms with Crippen molar-refractivity contribution in [2.24, 2.45) is 0 Å². The smallest absolute Gasteiger partial charge is 0.0530 e. The van der Waals surface area contributed by atoms with Gasteiger partial charge in [-0.25, -0.2) is 0 Å². The van der Waals surface area contributed by atoms with Crippen molar-refractivity contribution in [1.82, 2.24) is 9.47 Å². The Morgan fingerprint density at radius 1 is 1.08 bits per heavy atom. The maximum atomic E-state index is 6.30. The maximum absolute atomic E-state index is 6.30. The molecule has 0 fully saturated rings. The lowest BCUT2D eigenvalue weighted by molar-refractivity contribution is 0.242. The molecule has 0 aliphatic carbocycles. The molecule has 2 aromatic carbocycles. The molecule has 26 heavy (non-hydrogen) atoms. The maximum Gasteiger partial charge on any atom is 0.0530 e. The first kappa shape index (κ1) is 17.7. The van der Waals surface area contributed by atoms with Gasteiger partial charge in [-0.3, -0.25) is 4.90 Å². The predicted molar refractivity (Wildman–Crippen MR) is 113 cm³/mol. The molecule has 0 N–H and O–H groups in total. The van der Waals surface area contributed by atoms with Gasteiger partial charge in [0, 0.05) is 39.9 Å². The Bertz CT molecular complexity index is 999. The summed E-state index contributed by atoms with van der Waals surface area (Å²) in [6.07, 6.45) is 3.29. The summed E-state index contributed by atoms with van der Waals surface area (Å²) in [4.78, 5) is 2.41. The molecule has 0 saturated heterocycles. The molecule has 1 aliphatic heterocycles. The van der Waals surface area contributed by atoms with Gasteiger partial charge in [0.2, 0.25) is 0 Å². The Hall–Kier alpha value is -1.74. The van der Waals surface area contributed by atoms with E-state index in [2.05, 4.69) is 60.8 Å². The summed E-state index contributed by atoms with van der Waals surface area (Å²) in [6, 6.07) is 14.6. The molecule has 4 heteroatoms. The summed E-state index contributed by atoms with van der Waals surface area (Å²) < 4.78 is 2.35. The summed E-state index contributed by atoms with van der Waals surface area (Å²) in [5, 5.41) is 2.82. The molecule has 4 rings (SSSR count). The monoisotopic (exact) mass is 384 g/mol. The summed E-state index contributed by atoms with van der Waals surface area (Å²) in [7, 11) is 2.19. The van der Waals surface area contributed by atoms with Crippen LogP contribution in [0.5, 0.6) is 0 Å². The van der Waals surface area contributed by atoms with Crippen LogP contribution in [-0.4, -0.2) is 23.1 Å². The van der Waals surface area contributed by atoms with Crippen LogP contribution in [-0.2, 0) is 6.42 Å². The van der Waals surface area contributed by atoms with Gasteiger partial charge in [-0.1, -0.05) is 35.3 Å². The highest BCUT2D eigenvalue weighted by Crippen LogP contribution is 2.38. The highest BCUT2D eigenvalue weighted by Gasteiger charge is 2.27. The van der Waals surface area contributed by atoms with Gasteiger partial charge in [-0.05, 0) is 74.3 Å². The van der Waals surface area contributed by atoms with Gasteiger partial charge in [0.15, 0.2) is 0 Å². The minimum Gasteiger partial charge on any atom is -0.318 e. The van der Waals surface area contributed by atoms with Gasteiger partial charge in [0.05, 0.1) is 5.52 Å². The first-order chi connectivity index (χ1) is 12.5. The van der Waals surface area contributed by atoms with E-state index in [0.717, 1.165) is 23.0 Å². The quantitative estimate of drug-likeness (QED) is 0.488. The van der Waals surface area contributed by atoms with Crippen LogP contribution >= 0.6 is 23.2 Å². The van der Waals surface area contributed by atoms with Gasteiger partial charge >= 0.3 is 0 Å². The zero-order valence-electron chi connectivity index (χ0n) is 15.3. The highest BCUT2D eigenvalue weighted by atomic mass is 35.5. The molecule has 1 unspecified atom stereocenters.